The molecule has 1 heterocycles. The highest BCUT2D eigenvalue weighted by Crippen LogP contribution is 2.19. The largest absolute Gasteiger partial charge is 0.398 e. The minimum absolute atomic E-state index is 0.112. The van der Waals surface area contributed by atoms with Gasteiger partial charge in [-0.05, 0) is 24.5 Å². The minimum Gasteiger partial charge on any atom is -0.398 e. The van der Waals surface area contributed by atoms with Gasteiger partial charge in [-0.3, -0.25) is 9.59 Å². The van der Waals surface area contributed by atoms with E-state index in [1.165, 1.54) is 0 Å². The van der Waals surface area contributed by atoms with E-state index in [4.69, 9.17) is 5.73 Å². The van der Waals surface area contributed by atoms with Crippen molar-refractivity contribution < 1.29 is 4.79 Å². The molecule has 0 spiro atoms. The fourth-order valence-electron chi connectivity index (χ4n) is 2.47. The quantitative estimate of drug-likeness (QED) is 0.635. The Morgan fingerprint density at radius 1 is 1.43 bits per heavy atom. The number of nitrogens with one attached hydrogen (secondary N) is 1. The maximum absolute atomic E-state index is 12.7. The molecular formula is C18H23N3O2. The maximum atomic E-state index is 12.7. The van der Waals surface area contributed by atoms with Gasteiger partial charge in [0.25, 0.3) is 5.91 Å². The van der Waals surface area contributed by atoms with Gasteiger partial charge < -0.3 is 15.6 Å². The standard InChI is InChI=1S/C18H23N3O2/c1-4-9-20-18(23)13-11-21(10-8-12(2)3)15-7-5-6-14(19)16(15)17(13)22/h4-7,11-12H,1,8-10,19H2,2-3H3,(H,20,23). The predicted octanol–water partition coefficient (Wildman–Crippen LogP) is 2.55. The first-order chi connectivity index (χ1) is 11.0. The van der Waals surface area contributed by atoms with Crippen molar-refractivity contribution in [3.8, 4) is 0 Å². The van der Waals surface area contributed by atoms with Crippen LogP contribution in [0.3, 0.4) is 0 Å². The molecule has 1 aromatic heterocycles. The van der Waals surface area contributed by atoms with Crippen molar-refractivity contribution in [2.45, 2.75) is 26.8 Å². The third-order valence-electron chi connectivity index (χ3n) is 3.74. The summed E-state index contributed by atoms with van der Waals surface area (Å²) in [6, 6.07) is 5.36. The summed E-state index contributed by atoms with van der Waals surface area (Å²) in [6.07, 6.45) is 4.15. The van der Waals surface area contributed by atoms with Crippen LogP contribution in [0.15, 0.2) is 41.8 Å². The van der Waals surface area contributed by atoms with E-state index in [2.05, 4.69) is 25.7 Å². The number of carbonyl (C=O) groups is 1. The van der Waals surface area contributed by atoms with Gasteiger partial charge in [0.05, 0.1) is 10.9 Å². The number of nitrogen functional groups attached to an aromatic ring is 1. The monoisotopic (exact) mass is 313 g/mol. The fourth-order valence-corrected chi connectivity index (χ4v) is 2.47. The van der Waals surface area contributed by atoms with Crippen molar-refractivity contribution in [1.82, 2.24) is 9.88 Å². The molecule has 2 rings (SSSR count). The molecule has 0 bridgehead atoms. The van der Waals surface area contributed by atoms with Crippen LogP contribution >= 0.6 is 0 Å². The van der Waals surface area contributed by atoms with Crippen molar-refractivity contribution in [3.05, 3.63) is 52.8 Å². The molecule has 0 saturated heterocycles. The Bertz CT molecular complexity index is 791. The van der Waals surface area contributed by atoms with Gasteiger partial charge in [0.1, 0.15) is 5.56 Å². The first-order valence-corrected chi connectivity index (χ1v) is 7.76. The second kappa shape index (κ2) is 7.13. The molecule has 1 amide bonds. The zero-order valence-electron chi connectivity index (χ0n) is 13.6. The smallest absolute Gasteiger partial charge is 0.257 e. The van der Waals surface area contributed by atoms with Crippen molar-refractivity contribution in [2.24, 2.45) is 5.92 Å². The second-order valence-corrected chi connectivity index (χ2v) is 5.99. The Kier molecular flexibility index (Phi) is 5.21. The van der Waals surface area contributed by atoms with Crippen LogP contribution in [0.5, 0.6) is 0 Å². The van der Waals surface area contributed by atoms with Gasteiger partial charge in [0, 0.05) is 25.0 Å². The molecule has 2 aromatic rings. The summed E-state index contributed by atoms with van der Waals surface area (Å²) in [7, 11) is 0. The number of rotatable bonds is 6. The van der Waals surface area contributed by atoms with Crippen LogP contribution in [-0.4, -0.2) is 17.0 Å². The minimum atomic E-state index is -0.404. The number of hydrogen-bond donors (Lipinski definition) is 2. The Morgan fingerprint density at radius 2 is 2.17 bits per heavy atom. The zero-order valence-corrected chi connectivity index (χ0v) is 13.6. The van der Waals surface area contributed by atoms with E-state index in [-0.39, 0.29) is 11.0 Å². The molecule has 0 aliphatic rings. The van der Waals surface area contributed by atoms with Gasteiger partial charge in [-0.2, -0.15) is 0 Å². The first-order valence-electron chi connectivity index (χ1n) is 7.76. The third kappa shape index (κ3) is 3.62. The normalized spacial score (nSPS) is 10.9. The number of pyridine rings is 1. The van der Waals surface area contributed by atoms with Crippen LogP contribution < -0.4 is 16.5 Å². The van der Waals surface area contributed by atoms with Crippen LogP contribution in [0.25, 0.3) is 10.9 Å². The lowest BCUT2D eigenvalue weighted by Gasteiger charge is -2.15. The average Bonchev–Trinajstić information content (AvgIpc) is 2.51. The van der Waals surface area contributed by atoms with E-state index in [1.807, 2.05) is 16.7 Å². The van der Waals surface area contributed by atoms with Crippen LogP contribution in [0.2, 0.25) is 0 Å². The maximum Gasteiger partial charge on any atom is 0.257 e. The zero-order chi connectivity index (χ0) is 17.0. The van der Waals surface area contributed by atoms with Crippen molar-refractivity contribution in [2.75, 3.05) is 12.3 Å². The number of hydrogen-bond acceptors (Lipinski definition) is 3. The molecule has 23 heavy (non-hydrogen) atoms. The van der Waals surface area contributed by atoms with E-state index >= 15 is 0 Å². The van der Waals surface area contributed by atoms with Gasteiger partial charge in [-0.1, -0.05) is 26.0 Å². The Labute approximate surface area is 135 Å². The molecular weight excluding hydrogens is 290 g/mol. The molecule has 0 aliphatic heterocycles. The average molecular weight is 313 g/mol. The molecule has 122 valence electrons. The lowest BCUT2D eigenvalue weighted by molar-refractivity contribution is 0.0956. The Hall–Kier alpha value is -2.56. The molecule has 0 saturated carbocycles. The SMILES string of the molecule is C=CCNC(=O)c1cn(CCC(C)C)c2cccc(N)c2c1=O. The predicted molar refractivity (Wildman–Crippen MR) is 94.6 cm³/mol. The number of aryl methyl sites for hydroxylation is 1. The highest BCUT2D eigenvalue weighted by Gasteiger charge is 2.16. The molecule has 1 aromatic carbocycles. The summed E-state index contributed by atoms with van der Waals surface area (Å²) < 4.78 is 1.94. The summed E-state index contributed by atoms with van der Waals surface area (Å²) in [5.41, 5.74) is 6.92. The number of amides is 1. The second-order valence-electron chi connectivity index (χ2n) is 5.99. The molecule has 0 aliphatic carbocycles. The summed E-state index contributed by atoms with van der Waals surface area (Å²) in [6.45, 7) is 8.87. The van der Waals surface area contributed by atoms with E-state index in [9.17, 15) is 9.59 Å². The Balaban J connectivity index is 2.61. The summed E-state index contributed by atoms with van der Waals surface area (Å²) in [5.74, 6) is 0.113. The molecule has 5 nitrogen and oxygen atoms in total. The number of benzene rings is 1. The molecule has 0 fully saturated rings. The van der Waals surface area contributed by atoms with E-state index < -0.39 is 5.91 Å². The molecule has 0 unspecified atom stereocenters. The van der Waals surface area contributed by atoms with E-state index in [1.54, 1.807) is 18.3 Å². The number of carbonyl (C=O) groups excluding carboxylic acids is 1. The molecule has 0 radical (unpaired) electrons. The van der Waals surface area contributed by atoms with Gasteiger partial charge in [0.2, 0.25) is 5.43 Å². The van der Waals surface area contributed by atoms with Crippen LogP contribution in [-0.2, 0) is 6.54 Å². The number of fused-ring (bicyclic) bond motifs is 1. The van der Waals surface area contributed by atoms with E-state index in [0.717, 1.165) is 18.5 Å². The van der Waals surface area contributed by atoms with Crippen LogP contribution in [0.1, 0.15) is 30.6 Å². The highest BCUT2D eigenvalue weighted by molar-refractivity contribution is 6.00. The number of nitrogens with zero attached hydrogens (tertiary/aromatic N) is 1. The van der Waals surface area contributed by atoms with Crippen LogP contribution in [0, 0.1) is 5.92 Å². The van der Waals surface area contributed by atoms with Gasteiger partial charge in [-0.25, -0.2) is 0 Å². The lowest BCUT2D eigenvalue weighted by Crippen LogP contribution is -2.30. The molecule has 0 atom stereocenters. The lowest BCUT2D eigenvalue weighted by atomic mass is 10.1. The fraction of sp³-hybridized carbons (Fsp3) is 0.333. The summed E-state index contributed by atoms with van der Waals surface area (Å²) in [4.78, 5) is 24.9. The highest BCUT2D eigenvalue weighted by atomic mass is 16.2. The molecule has 3 N–H and O–H groups in total. The summed E-state index contributed by atoms with van der Waals surface area (Å²) >= 11 is 0. The molecule has 5 heteroatoms. The Morgan fingerprint density at radius 3 is 2.83 bits per heavy atom. The van der Waals surface area contributed by atoms with Crippen molar-refractivity contribution >= 4 is 22.5 Å². The van der Waals surface area contributed by atoms with Crippen LogP contribution in [0.4, 0.5) is 5.69 Å². The van der Waals surface area contributed by atoms with Gasteiger partial charge in [-0.15, -0.1) is 6.58 Å². The topological polar surface area (TPSA) is 77.1 Å². The third-order valence-corrected chi connectivity index (χ3v) is 3.74. The van der Waals surface area contributed by atoms with Gasteiger partial charge >= 0.3 is 0 Å². The van der Waals surface area contributed by atoms with Crippen molar-refractivity contribution in [1.29, 1.82) is 0 Å². The number of anilines is 1. The number of aromatic nitrogens is 1. The first kappa shape index (κ1) is 16.8. The number of nitrogens with two attached hydrogens (primary N) is 1. The van der Waals surface area contributed by atoms with Gasteiger partial charge in [0.15, 0.2) is 0 Å². The van der Waals surface area contributed by atoms with E-state index in [0.29, 0.717) is 23.5 Å². The van der Waals surface area contributed by atoms with Crippen molar-refractivity contribution in [3.63, 3.8) is 0 Å². The summed E-state index contributed by atoms with van der Waals surface area (Å²) in [5, 5.41) is 3.06.